The Morgan fingerprint density at radius 1 is 1.32 bits per heavy atom. The third-order valence-electron chi connectivity index (χ3n) is 9.80. The van der Waals surface area contributed by atoms with Crippen LogP contribution in [0.25, 0.3) is 0 Å². The molecule has 6 rings (SSSR count). The van der Waals surface area contributed by atoms with Crippen LogP contribution in [0.5, 0.6) is 0 Å². The van der Waals surface area contributed by atoms with E-state index >= 15 is 0 Å². The highest BCUT2D eigenvalue weighted by atomic mass is 16.5. The number of aliphatic hydroxyl groups is 2. The Balaban J connectivity index is 1.68. The van der Waals surface area contributed by atoms with Gasteiger partial charge in [-0.2, -0.15) is 0 Å². The highest BCUT2D eigenvalue weighted by Gasteiger charge is 2.80. The Morgan fingerprint density at radius 3 is 2.86 bits per heavy atom. The van der Waals surface area contributed by atoms with E-state index in [4.69, 9.17) is 4.74 Å². The number of piperidine rings is 1. The molecule has 8 atom stereocenters. The van der Waals surface area contributed by atoms with Gasteiger partial charge < -0.3 is 14.9 Å². The summed E-state index contributed by atoms with van der Waals surface area (Å²) in [6, 6.07) is 0. The van der Waals surface area contributed by atoms with Crippen molar-refractivity contribution in [1.82, 2.24) is 4.90 Å². The Kier molecular flexibility index (Phi) is 3.34. The first-order valence-corrected chi connectivity index (χ1v) is 11.0. The van der Waals surface area contributed by atoms with Crippen molar-refractivity contribution in [3.8, 4) is 0 Å². The molecule has 6 aliphatic rings. The Labute approximate surface area is 166 Å². The molecule has 2 aliphatic heterocycles. The molecule has 1 spiro atoms. The first-order valence-electron chi connectivity index (χ1n) is 11.0. The minimum atomic E-state index is -1.00. The third-order valence-corrected chi connectivity index (χ3v) is 9.80. The zero-order chi connectivity index (χ0) is 19.5. The Hall–Kier alpha value is -1.17. The van der Waals surface area contributed by atoms with Crippen molar-refractivity contribution in [1.29, 1.82) is 0 Å². The Morgan fingerprint density at radius 2 is 2.11 bits per heavy atom. The first-order chi connectivity index (χ1) is 13.4. The van der Waals surface area contributed by atoms with Gasteiger partial charge in [0.2, 0.25) is 0 Å². The van der Waals surface area contributed by atoms with Crippen LogP contribution in [0.2, 0.25) is 0 Å². The van der Waals surface area contributed by atoms with Crippen LogP contribution in [-0.4, -0.2) is 53.6 Å². The van der Waals surface area contributed by atoms with Gasteiger partial charge in [0.1, 0.15) is 5.72 Å². The predicted molar refractivity (Wildman–Crippen MR) is 103 cm³/mol. The third kappa shape index (κ3) is 1.57. The van der Waals surface area contributed by atoms with Gasteiger partial charge in [0.15, 0.2) is 0 Å². The summed E-state index contributed by atoms with van der Waals surface area (Å²) in [4.78, 5) is 15.2. The summed E-state index contributed by atoms with van der Waals surface area (Å²) in [6.45, 7) is 4.02. The molecule has 4 bridgehead atoms. The van der Waals surface area contributed by atoms with Gasteiger partial charge >= 0.3 is 5.97 Å². The van der Waals surface area contributed by atoms with Crippen LogP contribution in [0.15, 0.2) is 23.3 Å². The van der Waals surface area contributed by atoms with Crippen molar-refractivity contribution in [2.75, 3.05) is 26.8 Å². The van der Waals surface area contributed by atoms with E-state index in [0.717, 1.165) is 38.8 Å². The minimum absolute atomic E-state index is 0.0445. The van der Waals surface area contributed by atoms with Gasteiger partial charge in [0.05, 0.1) is 19.6 Å². The number of nitrogens with zero attached hydrogens (tertiary/aromatic N) is 1. The maximum atomic E-state index is 12.8. The maximum Gasteiger partial charge on any atom is 0.309 e. The number of allylic oxidation sites excluding steroid dienone is 1. The summed E-state index contributed by atoms with van der Waals surface area (Å²) in [5, 5.41) is 23.5. The molecule has 28 heavy (non-hydrogen) atoms. The van der Waals surface area contributed by atoms with Crippen molar-refractivity contribution >= 4 is 5.97 Å². The van der Waals surface area contributed by atoms with Crippen molar-refractivity contribution in [2.24, 2.45) is 40.4 Å². The number of aliphatic hydroxyl groups excluding tert-OH is 1. The number of carbonyl (C=O) groups excluding carboxylic acids is 1. The fourth-order valence-electron chi connectivity index (χ4n) is 8.91. The number of ether oxygens (including phenoxy) is 1. The molecule has 0 aromatic rings. The van der Waals surface area contributed by atoms with Gasteiger partial charge in [-0.1, -0.05) is 30.2 Å². The zero-order valence-electron chi connectivity index (χ0n) is 16.9. The van der Waals surface area contributed by atoms with Gasteiger partial charge in [-0.15, -0.1) is 0 Å². The molecular weight excluding hydrogens is 354 g/mol. The second-order valence-corrected chi connectivity index (χ2v) is 10.3. The molecule has 5 heteroatoms. The number of carbonyl (C=O) groups is 1. The molecule has 0 amide bonds. The van der Waals surface area contributed by atoms with E-state index in [-0.39, 0.29) is 30.3 Å². The van der Waals surface area contributed by atoms with Crippen LogP contribution in [0, 0.1) is 40.4 Å². The Bertz CT molecular complexity index is 819. The van der Waals surface area contributed by atoms with E-state index < -0.39 is 16.6 Å². The quantitative estimate of drug-likeness (QED) is 0.563. The molecule has 1 saturated carbocycles. The monoisotopic (exact) mass is 385 g/mol. The van der Waals surface area contributed by atoms with Crippen molar-refractivity contribution in [3.05, 3.63) is 23.3 Å². The normalized spacial score (nSPS) is 53.4. The van der Waals surface area contributed by atoms with Crippen molar-refractivity contribution in [2.45, 2.75) is 44.8 Å². The van der Waals surface area contributed by atoms with Crippen LogP contribution in [0.3, 0.4) is 0 Å². The molecule has 0 aromatic heterocycles. The fraction of sp³-hybridized carbons (Fsp3) is 0.783. The number of hydrogen-bond acceptors (Lipinski definition) is 5. The minimum Gasteiger partial charge on any atom is -0.469 e. The molecule has 3 fully saturated rings. The highest BCUT2D eigenvalue weighted by molar-refractivity contribution is 5.75. The lowest BCUT2D eigenvalue weighted by molar-refractivity contribution is -0.270. The summed E-state index contributed by atoms with van der Waals surface area (Å²) in [6.07, 6.45) is 9.22. The summed E-state index contributed by atoms with van der Waals surface area (Å²) in [7, 11) is 1.48. The lowest BCUT2D eigenvalue weighted by Gasteiger charge is -2.67. The van der Waals surface area contributed by atoms with E-state index in [1.54, 1.807) is 0 Å². The van der Waals surface area contributed by atoms with Crippen LogP contribution >= 0.6 is 0 Å². The number of methoxy groups -OCH3 is 1. The van der Waals surface area contributed by atoms with Gasteiger partial charge in [0, 0.05) is 29.8 Å². The van der Waals surface area contributed by atoms with Crippen LogP contribution in [0.1, 0.15) is 39.0 Å². The molecule has 0 aromatic carbocycles. The van der Waals surface area contributed by atoms with E-state index in [1.807, 2.05) is 0 Å². The number of esters is 1. The van der Waals surface area contributed by atoms with Crippen molar-refractivity contribution < 1.29 is 19.7 Å². The van der Waals surface area contributed by atoms with E-state index in [0.29, 0.717) is 18.3 Å². The van der Waals surface area contributed by atoms with Crippen molar-refractivity contribution in [3.63, 3.8) is 0 Å². The molecular formula is C23H31NO4. The molecule has 0 radical (unpaired) electrons. The smallest absolute Gasteiger partial charge is 0.309 e. The van der Waals surface area contributed by atoms with Crippen LogP contribution < -0.4 is 0 Å². The molecule has 2 heterocycles. The number of hydrogen-bond donors (Lipinski definition) is 2. The highest BCUT2D eigenvalue weighted by Crippen LogP contribution is 2.78. The zero-order valence-corrected chi connectivity index (χ0v) is 16.9. The average molecular weight is 386 g/mol. The summed E-state index contributed by atoms with van der Waals surface area (Å²) < 4.78 is 5.23. The first kappa shape index (κ1) is 17.7. The second kappa shape index (κ2) is 5.30. The SMILES string of the molecule is COC(=O)[C@@H]1C[C@@]23C4=C(CC[C@@H]5CN6C[C@@H](C)C(C=CC52CO)[C@]63O)CC[C@@H]41. The van der Waals surface area contributed by atoms with E-state index in [9.17, 15) is 15.0 Å². The molecule has 2 saturated heterocycles. The van der Waals surface area contributed by atoms with E-state index in [1.165, 1.54) is 18.3 Å². The maximum absolute atomic E-state index is 12.8. The average Bonchev–Trinajstić information content (AvgIpc) is 3.31. The fourth-order valence-corrected chi connectivity index (χ4v) is 8.91. The summed E-state index contributed by atoms with van der Waals surface area (Å²) >= 11 is 0. The lowest BCUT2D eigenvalue weighted by Crippen LogP contribution is -2.74. The second-order valence-electron chi connectivity index (χ2n) is 10.3. The van der Waals surface area contributed by atoms with Gasteiger partial charge in [-0.05, 0) is 49.9 Å². The molecule has 5 nitrogen and oxygen atoms in total. The molecule has 152 valence electrons. The largest absolute Gasteiger partial charge is 0.469 e. The molecule has 2 unspecified atom stereocenters. The van der Waals surface area contributed by atoms with Crippen LogP contribution in [-0.2, 0) is 9.53 Å². The van der Waals surface area contributed by atoms with Gasteiger partial charge in [0.25, 0.3) is 0 Å². The molecule has 2 N–H and O–H groups in total. The van der Waals surface area contributed by atoms with Gasteiger partial charge in [-0.25, -0.2) is 0 Å². The van der Waals surface area contributed by atoms with Crippen LogP contribution in [0.4, 0.5) is 0 Å². The molecule has 4 aliphatic carbocycles. The van der Waals surface area contributed by atoms with E-state index in [2.05, 4.69) is 24.0 Å². The standard InChI is InChI=1S/C23H31NO4/c1-13-10-24-11-15-5-3-14-4-6-16-17(20(26)28-2)9-22(19(14)16)21(15,12-25)8-7-18(13)23(22,24)27/h7-8,13,15-18,25,27H,3-6,9-12H2,1-2H3/t13-,15-,16-,17-,18?,21?,22-,23-/m1/s1. The predicted octanol–water partition coefficient (Wildman–Crippen LogP) is 2.10. The lowest BCUT2D eigenvalue weighted by atomic mass is 9.44. The topological polar surface area (TPSA) is 70.0 Å². The van der Waals surface area contributed by atoms with Gasteiger partial charge in [-0.3, -0.25) is 9.69 Å². The number of rotatable bonds is 2. The summed E-state index contributed by atoms with van der Waals surface area (Å²) in [5.74, 6) is 0.556. The summed E-state index contributed by atoms with van der Waals surface area (Å²) in [5.41, 5.74) is 0.779.